The van der Waals surface area contributed by atoms with E-state index in [1.54, 1.807) is 7.11 Å². The van der Waals surface area contributed by atoms with Gasteiger partial charge in [0, 0.05) is 24.2 Å². The van der Waals surface area contributed by atoms with Crippen LogP contribution in [-0.2, 0) is 4.74 Å². The Hall–Kier alpha value is -0.790. The molecule has 1 aromatic carbocycles. The van der Waals surface area contributed by atoms with Gasteiger partial charge in [0.05, 0.1) is 12.3 Å². The first-order valence-corrected chi connectivity index (χ1v) is 5.93. The van der Waals surface area contributed by atoms with Crippen LogP contribution in [0.3, 0.4) is 0 Å². The second kappa shape index (κ2) is 6.83. The highest BCUT2D eigenvalue weighted by atomic mass is 79.9. The van der Waals surface area contributed by atoms with Gasteiger partial charge >= 0.3 is 0 Å². The fourth-order valence-corrected chi connectivity index (χ4v) is 1.80. The van der Waals surface area contributed by atoms with Crippen LogP contribution in [0.1, 0.15) is 0 Å². The molecule has 0 aliphatic heterocycles. The summed E-state index contributed by atoms with van der Waals surface area (Å²) in [6.45, 7) is 0.984. The minimum absolute atomic E-state index is 0.0984. The summed E-state index contributed by atoms with van der Waals surface area (Å²) in [5.74, 6) is -1.37. The summed E-state index contributed by atoms with van der Waals surface area (Å²) in [6, 6.07) is 1.94. The van der Waals surface area contributed by atoms with E-state index in [0.717, 1.165) is 12.1 Å². The smallest absolute Gasteiger partial charge is 0.170 e. The van der Waals surface area contributed by atoms with Gasteiger partial charge in [0.2, 0.25) is 0 Å². The van der Waals surface area contributed by atoms with Crippen molar-refractivity contribution < 1.29 is 13.5 Å². The highest BCUT2D eigenvalue weighted by molar-refractivity contribution is 9.10. The van der Waals surface area contributed by atoms with Gasteiger partial charge in [-0.3, -0.25) is 0 Å². The first-order chi connectivity index (χ1) is 8.04. The van der Waals surface area contributed by atoms with E-state index in [1.807, 2.05) is 0 Å². The number of hydrogen-bond acceptors (Lipinski definition) is 2. The first kappa shape index (κ1) is 14.3. The predicted octanol–water partition coefficient (Wildman–Crippen LogP) is 2.66. The van der Waals surface area contributed by atoms with Gasteiger partial charge in [0.15, 0.2) is 10.9 Å². The largest absolute Gasteiger partial charge is 0.383 e. The van der Waals surface area contributed by atoms with E-state index in [4.69, 9.17) is 17.0 Å². The second-order valence-corrected chi connectivity index (χ2v) is 4.38. The third-order valence-corrected chi connectivity index (χ3v) is 2.71. The van der Waals surface area contributed by atoms with Crippen LogP contribution in [0.2, 0.25) is 0 Å². The number of ether oxygens (including phenoxy) is 1. The Kier molecular flexibility index (Phi) is 5.73. The maximum absolute atomic E-state index is 13.4. The van der Waals surface area contributed by atoms with Crippen molar-refractivity contribution >= 4 is 38.9 Å². The van der Waals surface area contributed by atoms with Crippen molar-refractivity contribution in [3.05, 3.63) is 28.2 Å². The molecule has 0 atom stereocenters. The van der Waals surface area contributed by atoms with E-state index >= 15 is 0 Å². The molecule has 3 nitrogen and oxygen atoms in total. The molecule has 1 rings (SSSR count). The standard InChI is InChI=1S/C10H11BrF2N2OS/c1-16-3-2-14-10(17)15-9-7(11)4-6(12)5-8(9)13/h4-5H,2-3H2,1H3,(H2,14,15,17). The maximum Gasteiger partial charge on any atom is 0.170 e. The Labute approximate surface area is 112 Å². The molecule has 7 heteroatoms. The van der Waals surface area contributed by atoms with Gasteiger partial charge in [-0.15, -0.1) is 0 Å². The number of rotatable bonds is 4. The van der Waals surface area contributed by atoms with E-state index < -0.39 is 11.6 Å². The molecule has 0 aromatic heterocycles. The van der Waals surface area contributed by atoms with E-state index in [2.05, 4.69) is 26.6 Å². The predicted molar refractivity (Wildman–Crippen MR) is 70.2 cm³/mol. The number of thiocarbonyl (C=S) groups is 1. The molecule has 0 unspecified atom stereocenters. The van der Waals surface area contributed by atoms with Gasteiger partial charge in [-0.05, 0) is 34.2 Å². The molecule has 0 saturated heterocycles. The van der Waals surface area contributed by atoms with Crippen molar-refractivity contribution in [2.24, 2.45) is 0 Å². The van der Waals surface area contributed by atoms with Crippen molar-refractivity contribution in [3.8, 4) is 0 Å². The number of halogens is 3. The summed E-state index contributed by atoms with van der Waals surface area (Å²) >= 11 is 8.00. The van der Waals surface area contributed by atoms with Crippen molar-refractivity contribution in [2.75, 3.05) is 25.6 Å². The zero-order chi connectivity index (χ0) is 12.8. The SMILES string of the molecule is COCCNC(=S)Nc1c(F)cc(F)cc1Br. The molecule has 2 N–H and O–H groups in total. The summed E-state index contributed by atoms with van der Waals surface area (Å²) < 4.78 is 31.3. The van der Waals surface area contributed by atoms with Crippen molar-refractivity contribution in [2.45, 2.75) is 0 Å². The average molecular weight is 325 g/mol. The fourth-order valence-electron chi connectivity index (χ4n) is 1.09. The van der Waals surface area contributed by atoms with Gasteiger partial charge in [0.1, 0.15) is 5.82 Å². The fraction of sp³-hybridized carbons (Fsp3) is 0.300. The molecule has 1 aromatic rings. The van der Waals surface area contributed by atoms with E-state index in [9.17, 15) is 8.78 Å². The van der Waals surface area contributed by atoms with Crippen molar-refractivity contribution in [1.82, 2.24) is 5.32 Å². The topological polar surface area (TPSA) is 33.3 Å². The highest BCUT2D eigenvalue weighted by Crippen LogP contribution is 2.26. The molecule has 0 aliphatic rings. The summed E-state index contributed by atoms with van der Waals surface area (Å²) in [7, 11) is 1.56. The number of hydrogen-bond donors (Lipinski definition) is 2. The molecular weight excluding hydrogens is 314 g/mol. The molecule has 0 saturated carbocycles. The molecule has 0 fully saturated rings. The van der Waals surface area contributed by atoms with E-state index in [0.29, 0.717) is 13.2 Å². The Morgan fingerprint density at radius 3 is 2.76 bits per heavy atom. The minimum Gasteiger partial charge on any atom is -0.383 e. The van der Waals surface area contributed by atoms with Crippen LogP contribution in [0.25, 0.3) is 0 Å². The van der Waals surface area contributed by atoms with Crippen LogP contribution in [0.4, 0.5) is 14.5 Å². The van der Waals surface area contributed by atoms with Crippen LogP contribution in [-0.4, -0.2) is 25.4 Å². The van der Waals surface area contributed by atoms with Crippen LogP contribution in [0.5, 0.6) is 0 Å². The molecular formula is C10H11BrF2N2OS. The average Bonchev–Trinajstić information content (AvgIpc) is 2.24. The summed E-state index contributed by atoms with van der Waals surface area (Å²) in [4.78, 5) is 0. The number of anilines is 1. The summed E-state index contributed by atoms with van der Waals surface area (Å²) in [6.07, 6.45) is 0. The van der Waals surface area contributed by atoms with Crippen LogP contribution < -0.4 is 10.6 Å². The lowest BCUT2D eigenvalue weighted by Gasteiger charge is -2.12. The summed E-state index contributed by atoms with van der Waals surface area (Å²) in [5.41, 5.74) is 0.0984. The number of nitrogens with one attached hydrogen (secondary N) is 2. The Morgan fingerprint density at radius 1 is 1.47 bits per heavy atom. The lowest BCUT2D eigenvalue weighted by Crippen LogP contribution is -2.31. The van der Waals surface area contributed by atoms with Crippen LogP contribution in [0, 0.1) is 11.6 Å². The number of methoxy groups -OCH3 is 1. The molecule has 0 radical (unpaired) electrons. The minimum atomic E-state index is -0.715. The van der Waals surface area contributed by atoms with Gasteiger partial charge in [-0.2, -0.15) is 0 Å². The monoisotopic (exact) mass is 324 g/mol. The highest BCUT2D eigenvalue weighted by Gasteiger charge is 2.10. The third kappa shape index (κ3) is 4.53. The van der Waals surface area contributed by atoms with Gasteiger partial charge in [-0.25, -0.2) is 8.78 Å². The van der Waals surface area contributed by atoms with Gasteiger partial charge in [0.25, 0.3) is 0 Å². The first-order valence-electron chi connectivity index (χ1n) is 4.73. The maximum atomic E-state index is 13.4. The zero-order valence-electron chi connectivity index (χ0n) is 9.02. The van der Waals surface area contributed by atoms with Crippen molar-refractivity contribution in [1.29, 1.82) is 0 Å². The Balaban J connectivity index is 2.65. The van der Waals surface area contributed by atoms with Gasteiger partial charge in [-0.1, -0.05) is 0 Å². The molecule has 94 valence electrons. The molecule has 0 heterocycles. The molecule has 17 heavy (non-hydrogen) atoms. The van der Waals surface area contributed by atoms with Crippen LogP contribution >= 0.6 is 28.1 Å². The normalized spacial score (nSPS) is 10.1. The lowest BCUT2D eigenvalue weighted by atomic mass is 10.3. The Morgan fingerprint density at radius 2 is 2.18 bits per heavy atom. The molecule has 0 bridgehead atoms. The number of benzene rings is 1. The Bertz CT molecular complexity index is 394. The molecule has 0 aliphatic carbocycles. The quantitative estimate of drug-likeness (QED) is 0.659. The van der Waals surface area contributed by atoms with E-state index in [-0.39, 0.29) is 15.3 Å². The molecule has 0 amide bonds. The van der Waals surface area contributed by atoms with Gasteiger partial charge < -0.3 is 15.4 Å². The van der Waals surface area contributed by atoms with Crippen LogP contribution in [0.15, 0.2) is 16.6 Å². The zero-order valence-corrected chi connectivity index (χ0v) is 11.4. The van der Waals surface area contributed by atoms with Crippen molar-refractivity contribution in [3.63, 3.8) is 0 Å². The third-order valence-electron chi connectivity index (χ3n) is 1.84. The summed E-state index contributed by atoms with van der Waals surface area (Å²) in [5, 5.41) is 5.70. The molecule has 0 spiro atoms. The lowest BCUT2D eigenvalue weighted by molar-refractivity contribution is 0.204. The second-order valence-electron chi connectivity index (χ2n) is 3.12. The van der Waals surface area contributed by atoms with E-state index in [1.165, 1.54) is 0 Å².